The standard InChI is InChI=1S/C19H23N5O4/c1-11-3-4-15-14(7-11)24(19(27)28-15)6-5-17(26)20-13-8-12(9-13)18-22-21-16(10-25)23(18)2/h3-4,7,12-13,25H,5-6,8-10H2,1-2H3,(H,20,26). The molecule has 0 bridgehead atoms. The van der Waals surface area contributed by atoms with Gasteiger partial charge < -0.3 is 19.4 Å². The van der Waals surface area contributed by atoms with E-state index >= 15 is 0 Å². The number of amides is 1. The molecule has 0 aliphatic heterocycles. The average Bonchev–Trinajstić information content (AvgIpc) is 3.15. The van der Waals surface area contributed by atoms with E-state index in [-0.39, 0.29) is 37.4 Å². The minimum absolute atomic E-state index is 0.0897. The maximum absolute atomic E-state index is 12.3. The van der Waals surface area contributed by atoms with Crippen LogP contribution in [0.4, 0.5) is 0 Å². The van der Waals surface area contributed by atoms with Crippen molar-refractivity contribution in [3.8, 4) is 0 Å². The van der Waals surface area contributed by atoms with Crippen molar-refractivity contribution in [2.24, 2.45) is 7.05 Å². The Morgan fingerprint density at radius 3 is 2.86 bits per heavy atom. The van der Waals surface area contributed by atoms with Gasteiger partial charge in [-0.05, 0) is 37.5 Å². The number of aryl methyl sites for hydroxylation is 2. The maximum Gasteiger partial charge on any atom is 0.419 e. The number of aliphatic hydroxyl groups excluding tert-OH is 1. The van der Waals surface area contributed by atoms with Gasteiger partial charge in [0.2, 0.25) is 5.91 Å². The topological polar surface area (TPSA) is 115 Å². The van der Waals surface area contributed by atoms with Gasteiger partial charge >= 0.3 is 5.76 Å². The van der Waals surface area contributed by atoms with E-state index in [1.807, 2.05) is 26.1 Å². The molecule has 1 aromatic carbocycles. The Kier molecular flexibility index (Phi) is 4.76. The van der Waals surface area contributed by atoms with Crippen LogP contribution in [0.25, 0.3) is 11.1 Å². The zero-order valence-corrected chi connectivity index (χ0v) is 15.9. The van der Waals surface area contributed by atoms with Crippen LogP contribution in [0, 0.1) is 6.92 Å². The van der Waals surface area contributed by atoms with Gasteiger partial charge in [0.1, 0.15) is 12.4 Å². The summed E-state index contributed by atoms with van der Waals surface area (Å²) in [5.74, 6) is 1.06. The molecule has 0 atom stereocenters. The number of carbonyl (C=O) groups is 1. The molecule has 0 saturated heterocycles. The van der Waals surface area contributed by atoms with Crippen molar-refractivity contribution in [3.05, 3.63) is 46.0 Å². The second-order valence-electron chi connectivity index (χ2n) is 7.37. The lowest BCUT2D eigenvalue weighted by atomic mass is 9.79. The maximum atomic E-state index is 12.3. The van der Waals surface area contributed by atoms with Crippen LogP contribution in [0.1, 0.15) is 42.4 Å². The average molecular weight is 385 g/mol. The van der Waals surface area contributed by atoms with Crippen LogP contribution < -0.4 is 11.1 Å². The lowest BCUT2D eigenvalue weighted by Crippen LogP contribution is -2.44. The number of benzene rings is 1. The van der Waals surface area contributed by atoms with E-state index in [1.54, 1.807) is 10.6 Å². The summed E-state index contributed by atoms with van der Waals surface area (Å²) in [7, 11) is 1.83. The molecular formula is C19H23N5O4. The summed E-state index contributed by atoms with van der Waals surface area (Å²) in [6.45, 7) is 2.08. The van der Waals surface area contributed by atoms with Gasteiger partial charge in [0.05, 0.1) is 5.52 Å². The third-order valence-corrected chi connectivity index (χ3v) is 5.39. The summed E-state index contributed by atoms with van der Waals surface area (Å²) in [6, 6.07) is 5.63. The molecule has 2 heterocycles. The zero-order valence-electron chi connectivity index (χ0n) is 15.9. The molecule has 0 unspecified atom stereocenters. The highest BCUT2D eigenvalue weighted by Gasteiger charge is 2.34. The largest absolute Gasteiger partial charge is 0.419 e. The molecule has 1 aliphatic carbocycles. The van der Waals surface area contributed by atoms with Crippen LogP contribution in [0.15, 0.2) is 27.4 Å². The Labute approximate surface area is 161 Å². The number of rotatable bonds is 6. The summed E-state index contributed by atoms with van der Waals surface area (Å²) in [6.07, 6.45) is 1.79. The van der Waals surface area contributed by atoms with Gasteiger partial charge in [-0.15, -0.1) is 10.2 Å². The Hall–Kier alpha value is -2.94. The first-order valence-corrected chi connectivity index (χ1v) is 9.34. The molecule has 1 fully saturated rings. The van der Waals surface area contributed by atoms with E-state index < -0.39 is 5.76 Å². The molecule has 28 heavy (non-hydrogen) atoms. The highest BCUT2D eigenvalue weighted by molar-refractivity contribution is 5.77. The highest BCUT2D eigenvalue weighted by atomic mass is 16.4. The molecule has 1 amide bonds. The first kappa shape index (κ1) is 18.4. The lowest BCUT2D eigenvalue weighted by molar-refractivity contribution is -0.122. The predicted molar refractivity (Wildman–Crippen MR) is 101 cm³/mol. The Balaban J connectivity index is 1.32. The molecule has 9 heteroatoms. The van der Waals surface area contributed by atoms with Crippen LogP contribution in [0.2, 0.25) is 0 Å². The number of carbonyl (C=O) groups excluding carboxylic acids is 1. The first-order valence-electron chi connectivity index (χ1n) is 9.34. The predicted octanol–water partition coefficient (Wildman–Crippen LogP) is 0.976. The van der Waals surface area contributed by atoms with E-state index in [4.69, 9.17) is 4.42 Å². The van der Waals surface area contributed by atoms with Crippen molar-refractivity contribution in [1.82, 2.24) is 24.6 Å². The second-order valence-corrected chi connectivity index (χ2v) is 7.37. The van der Waals surface area contributed by atoms with Crippen molar-refractivity contribution in [1.29, 1.82) is 0 Å². The Bertz CT molecular complexity index is 1070. The number of nitrogens with one attached hydrogen (secondary N) is 1. The summed E-state index contributed by atoms with van der Waals surface area (Å²) >= 11 is 0. The molecular weight excluding hydrogens is 362 g/mol. The smallest absolute Gasteiger partial charge is 0.408 e. The molecule has 9 nitrogen and oxygen atoms in total. The third kappa shape index (κ3) is 3.33. The normalized spacial score (nSPS) is 19.0. The van der Waals surface area contributed by atoms with Gasteiger partial charge in [-0.1, -0.05) is 6.07 Å². The lowest BCUT2D eigenvalue weighted by Gasteiger charge is -2.35. The van der Waals surface area contributed by atoms with Gasteiger partial charge in [0.15, 0.2) is 11.4 Å². The molecule has 1 aliphatic rings. The number of hydrogen-bond donors (Lipinski definition) is 2. The summed E-state index contributed by atoms with van der Waals surface area (Å²) < 4.78 is 8.54. The summed E-state index contributed by atoms with van der Waals surface area (Å²) in [4.78, 5) is 24.3. The summed E-state index contributed by atoms with van der Waals surface area (Å²) in [5.41, 5.74) is 2.27. The molecule has 148 valence electrons. The molecule has 2 aromatic heterocycles. The van der Waals surface area contributed by atoms with Crippen LogP contribution in [-0.2, 0) is 25.0 Å². The Morgan fingerprint density at radius 2 is 2.14 bits per heavy atom. The van der Waals surface area contributed by atoms with E-state index in [9.17, 15) is 14.7 Å². The highest BCUT2D eigenvalue weighted by Crippen LogP contribution is 2.35. The minimum atomic E-state index is -0.445. The molecule has 0 spiro atoms. The van der Waals surface area contributed by atoms with E-state index in [0.29, 0.717) is 16.9 Å². The molecule has 2 N–H and O–H groups in total. The van der Waals surface area contributed by atoms with Gasteiger partial charge in [-0.25, -0.2) is 4.79 Å². The van der Waals surface area contributed by atoms with E-state index in [2.05, 4.69) is 15.5 Å². The number of nitrogens with zero attached hydrogens (tertiary/aromatic N) is 4. The first-order chi connectivity index (χ1) is 13.5. The fraction of sp³-hybridized carbons (Fsp3) is 0.474. The van der Waals surface area contributed by atoms with Gasteiger partial charge in [-0.2, -0.15) is 0 Å². The molecule has 3 aromatic rings. The van der Waals surface area contributed by atoms with Crippen molar-refractivity contribution in [2.75, 3.05) is 0 Å². The minimum Gasteiger partial charge on any atom is -0.408 e. The summed E-state index contributed by atoms with van der Waals surface area (Å²) in [5, 5.41) is 20.3. The van der Waals surface area contributed by atoms with Crippen molar-refractivity contribution in [3.63, 3.8) is 0 Å². The molecule has 4 rings (SSSR count). The Morgan fingerprint density at radius 1 is 1.36 bits per heavy atom. The van der Waals surface area contributed by atoms with Gasteiger partial charge in [-0.3, -0.25) is 9.36 Å². The van der Waals surface area contributed by atoms with Crippen molar-refractivity contribution >= 4 is 17.0 Å². The molecule has 0 radical (unpaired) electrons. The van der Waals surface area contributed by atoms with Crippen molar-refractivity contribution in [2.45, 2.75) is 51.3 Å². The zero-order chi connectivity index (χ0) is 19.8. The van der Waals surface area contributed by atoms with Crippen LogP contribution >= 0.6 is 0 Å². The monoisotopic (exact) mass is 385 g/mol. The number of oxazole rings is 1. The van der Waals surface area contributed by atoms with Crippen LogP contribution in [-0.4, -0.2) is 36.4 Å². The number of hydrogen-bond acceptors (Lipinski definition) is 6. The van der Waals surface area contributed by atoms with Gasteiger partial charge in [0, 0.05) is 32.0 Å². The quantitative estimate of drug-likeness (QED) is 0.653. The van der Waals surface area contributed by atoms with E-state index in [1.165, 1.54) is 4.57 Å². The fourth-order valence-electron chi connectivity index (χ4n) is 3.71. The van der Waals surface area contributed by atoms with Gasteiger partial charge in [0.25, 0.3) is 0 Å². The van der Waals surface area contributed by atoms with E-state index in [0.717, 1.165) is 24.2 Å². The number of aliphatic hydroxyl groups is 1. The van der Waals surface area contributed by atoms with Crippen LogP contribution in [0.5, 0.6) is 0 Å². The number of fused-ring (bicyclic) bond motifs is 1. The third-order valence-electron chi connectivity index (χ3n) is 5.39. The fourth-order valence-corrected chi connectivity index (χ4v) is 3.71. The van der Waals surface area contributed by atoms with Crippen LogP contribution in [0.3, 0.4) is 0 Å². The SMILES string of the molecule is Cc1ccc2oc(=O)n(CCC(=O)NC3CC(c4nnc(CO)n4C)C3)c2c1. The second kappa shape index (κ2) is 7.23. The molecule has 1 saturated carbocycles. The number of aromatic nitrogens is 4. The van der Waals surface area contributed by atoms with Crippen molar-refractivity contribution < 1.29 is 14.3 Å².